The van der Waals surface area contributed by atoms with Crippen LogP contribution in [0, 0.1) is 6.92 Å². The first-order valence-electron chi connectivity index (χ1n) is 3.70. The van der Waals surface area contributed by atoms with Crippen LogP contribution in [0.4, 0.5) is 0 Å². The summed E-state index contributed by atoms with van der Waals surface area (Å²) in [5.74, 6) is 0. The van der Waals surface area contributed by atoms with Gasteiger partial charge < -0.3 is 0 Å². The van der Waals surface area contributed by atoms with Crippen molar-refractivity contribution >= 4 is 23.4 Å². The molecule has 0 unspecified atom stereocenters. The lowest BCUT2D eigenvalue weighted by Gasteiger charge is -1.89. The largest absolute Gasteiger partial charge is 0.328 e. The van der Waals surface area contributed by atoms with E-state index in [1.165, 1.54) is 3.79 Å². The molecule has 0 bridgehead atoms. The van der Waals surface area contributed by atoms with Gasteiger partial charge in [-0.2, -0.15) is 0 Å². The highest BCUT2D eigenvalue weighted by Crippen LogP contribution is 2.10. The van der Waals surface area contributed by atoms with Crippen molar-refractivity contribution in [2.75, 3.05) is 0 Å². The van der Waals surface area contributed by atoms with Gasteiger partial charge in [-0.25, -0.2) is 4.52 Å². The molecule has 0 fully saturated rings. The summed E-state index contributed by atoms with van der Waals surface area (Å²) >= 11 is 4.93. The van der Waals surface area contributed by atoms with Gasteiger partial charge in [0.05, 0.1) is 3.79 Å². The van der Waals surface area contributed by atoms with E-state index in [1.807, 2.05) is 37.3 Å². The molecule has 1 aromatic heterocycles. The maximum atomic E-state index is 5.32. The molecule has 1 heterocycles. The van der Waals surface area contributed by atoms with Crippen LogP contribution < -0.4 is 3.79 Å². The molecule has 12 heavy (non-hydrogen) atoms. The summed E-state index contributed by atoms with van der Waals surface area (Å²) in [6.45, 7) is 1.92. The SMILES string of the molecule is Cc1cc2ccccc2o[n+]1=S. The van der Waals surface area contributed by atoms with Crippen molar-refractivity contribution in [3.05, 3.63) is 36.0 Å². The molecule has 0 aliphatic carbocycles. The number of aryl methyl sites for hydroxylation is 1. The van der Waals surface area contributed by atoms with Crippen LogP contribution >= 0.6 is 12.4 Å². The van der Waals surface area contributed by atoms with Gasteiger partial charge in [0.25, 0.3) is 5.69 Å². The lowest BCUT2D eigenvalue weighted by Crippen LogP contribution is -2.13. The zero-order valence-electron chi connectivity index (χ0n) is 6.65. The summed E-state index contributed by atoms with van der Waals surface area (Å²) in [7, 11) is 0. The van der Waals surface area contributed by atoms with Crippen molar-refractivity contribution in [1.82, 2.24) is 0 Å². The summed E-state index contributed by atoms with van der Waals surface area (Å²) in [5, 5.41) is 1.08. The van der Waals surface area contributed by atoms with Crippen LogP contribution in [-0.4, -0.2) is 0 Å². The molecule has 0 aliphatic rings. The Morgan fingerprint density at radius 3 is 2.92 bits per heavy atom. The van der Waals surface area contributed by atoms with E-state index in [9.17, 15) is 0 Å². The zero-order valence-corrected chi connectivity index (χ0v) is 7.47. The molecular weight excluding hydrogens is 170 g/mol. The smallest absolute Gasteiger partial charge is 0.216 e. The molecular formula is C9H8NOS+. The minimum Gasteiger partial charge on any atom is -0.216 e. The number of rotatable bonds is 0. The van der Waals surface area contributed by atoms with E-state index in [4.69, 9.17) is 16.9 Å². The highest BCUT2D eigenvalue weighted by Gasteiger charge is 2.03. The van der Waals surface area contributed by atoms with Crippen LogP contribution in [0.3, 0.4) is 0 Å². The Bertz CT molecular complexity index is 475. The van der Waals surface area contributed by atoms with Crippen molar-refractivity contribution < 1.29 is 8.31 Å². The van der Waals surface area contributed by atoms with Crippen molar-refractivity contribution in [3.63, 3.8) is 0 Å². The maximum absolute atomic E-state index is 5.32. The normalized spacial score (nSPS) is 10.4. The minimum absolute atomic E-state index is 0.818. The first-order valence-corrected chi connectivity index (χ1v) is 4.06. The number of nitrogens with zero attached hydrogens (tertiary/aromatic N) is 1. The third-order valence-electron chi connectivity index (χ3n) is 1.75. The highest BCUT2D eigenvalue weighted by molar-refractivity contribution is 7.66. The summed E-state index contributed by atoms with van der Waals surface area (Å²) < 4.78 is 6.67. The second-order valence-electron chi connectivity index (χ2n) is 2.67. The van der Waals surface area contributed by atoms with Crippen molar-refractivity contribution in [2.24, 2.45) is 0 Å². The number of hydrogen-bond acceptors (Lipinski definition) is 2. The van der Waals surface area contributed by atoms with Gasteiger partial charge >= 0.3 is 12.4 Å². The standard InChI is InChI=1S/C9H8NOS/c1-7-6-8-4-2-3-5-9(8)11-10(7)12/h2-6H,1H3/q+1. The van der Waals surface area contributed by atoms with E-state index >= 15 is 0 Å². The van der Waals surface area contributed by atoms with Crippen molar-refractivity contribution in [3.8, 4) is 0 Å². The predicted octanol–water partition coefficient (Wildman–Crippen LogP) is 2.27. The van der Waals surface area contributed by atoms with Crippen LogP contribution in [0.5, 0.6) is 0 Å². The summed E-state index contributed by atoms with van der Waals surface area (Å²) in [6, 6.07) is 9.81. The number of benzene rings is 1. The molecule has 2 aromatic rings. The molecule has 0 radical (unpaired) electrons. The van der Waals surface area contributed by atoms with Gasteiger partial charge in [0.1, 0.15) is 0 Å². The van der Waals surface area contributed by atoms with Crippen LogP contribution in [0.25, 0.3) is 11.0 Å². The average molecular weight is 178 g/mol. The molecule has 0 aliphatic heterocycles. The Morgan fingerprint density at radius 2 is 2.08 bits per heavy atom. The molecule has 0 saturated carbocycles. The monoisotopic (exact) mass is 178 g/mol. The number of hydrogen-bond donors (Lipinski definition) is 0. The van der Waals surface area contributed by atoms with Gasteiger partial charge in [-0.3, -0.25) is 0 Å². The maximum Gasteiger partial charge on any atom is 0.328 e. The molecule has 2 rings (SSSR count). The predicted molar refractivity (Wildman–Crippen MR) is 48.5 cm³/mol. The lowest BCUT2D eigenvalue weighted by atomic mass is 10.2. The molecule has 0 atom stereocenters. The van der Waals surface area contributed by atoms with Gasteiger partial charge in [-0.05, 0) is 6.07 Å². The number of fused-ring (bicyclic) bond motifs is 1. The second-order valence-corrected chi connectivity index (χ2v) is 3.00. The van der Waals surface area contributed by atoms with Crippen LogP contribution in [-0.2, 0) is 0 Å². The van der Waals surface area contributed by atoms with Crippen LogP contribution in [0.15, 0.2) is 34.9 Å². The Hall–Kier alpha value is -1.22. The number of para-hydroxylation sites is 1. The van der Waals surface area contributed by atoms with E-state index in [2.05, 4.69) is 0 Å². The molecule has 60 valence electrons. The van der Waals surface area contributed by atoms with Gasteiger partial charge in [-0.15, -0.1) is 0 Å². The average Bonchev–Trinajstić information content (AvgIpc) is 2.07. The van der Waals surface area contributed by atoms with E-state index in [0.717, 1.165) is 16.7 Å². The van der Waals surface area contributed by atoms with E-state index in [-0.39, 0.29) is 0 Å². The topological polar surface area (TPSA) is 19.0 Å². The van der Waals surface area contributed by atoms with Crippen LogP contribution in [0.2, 0.25) is 0 Å². The fourth-order valence-electron chi connectivity index (χ4n) is 1.12. The Morgan fingerprint density at radius 1 is 1.33 bits per heavy atom. The van der Waals surface area contributed by atoms with Crippen molar-refractivity contribution in [2.45, 2.75) is 6.92 Å². The van der Waals surface area contributed by atoms with Gasteiger partial charge in [0.15, 0.2) is 0 Å². The van der Waals surface area contributed by atoms with E-state index in [0.29, 0.717) is 0 Å². The van der Waals surface area contributed by atoms with Gasteiger partial charge in [0, 0.05) is 18.4 Å². The fourth-order valence-corrected chi connectivity index (χ4v) is 1.25. The van der Waals surface area contributed by atoms with E-state index in [1.54, 1.807) is 0 Å². The zero-order chi connectivity index (χ0) is 8.55. The second kappa shape index (κ2) is 2.68. The highest BCUT2D eigenvalue weighted by atomic mass is 32.1. The minimum atomic E-state index is 0.818. The summed E-state index contributed by atoms with van der Waals surface area (Å²) in [4.78, 5) is 0. The summed E-state index contributed by atoms with van der Waals surface area (Å²) in [5.41, 5.74) is 1.75. The third kappa shape index (κ3) is 1.12. The molecule has 1 aromatic carbocycles. The Balaban J connectivity index is 2.93. The third-order valence-corrected chi connectivity index (χ3v) is 2.12. The molecule has 0 N–H and O–H groups in total. The van der Waals surface area contributed by atoms with Gasteiger partial charge in [-0.1, -0.05) is 18.2 Å². The fraction of sp³-hybridized carbons (Fsp3) is 0.111. The van der Waals surface area contributed by atoms with E-state index < -0.39 is 0 Å². The molecule has 3 heteroatoms. The quantitative estimate of drug-likeness (QED) is 0.576. The molecule has 0 saturated heterocycles. The number of aromatic nitrogens is 1. The Kier molecular flexibility index (Phi) is 1.66. The Labute approximate surface area is 75.2 Å². The van der Waals surface area contributed by atoms with Crippen molar-refractivity contribution in [1.29, 1.82) is 0 Å². The lowest BCUT2D eigenvalue weighted by molar-refractivity contribution is -0.660. The molecule has 2 nitrogen and oxygen atoms in total. The van der Waals surface area contributed by atoms with Gasteiger partial charge in [0.2, 0.25) is 5.58 Å². The molecule has 0 spiro atoms. The van der Waals surface area contributed by atoms with Crippen LogP contribution in [0.1, 0.15) is 5.69 Å². The summed E-state index contributed by atoms with van der Waals surface area (Å²) in [6.07, 6.45) is 0. The molecule has 0 amide bonds. The first kappa shape index (κ1) is 7.43. The first-order chi connectivity index (χ1) is 5.77.